The first-order valence-electron chi connectivity index (χ1n) is 8.46. The van der Waals surface area contributed by atoms with Gasteiger partial charge in [-0.2, -0.15) is 0 Å². The van der Waals surface area contributed by atoms with Gasteiger partial charge in [-0.1, -0.05) is 50.6 Å². The second-order valence-corrected chi connectivity index (χ2v) is 7.74. The van der Waals surface area contributed by atoms with Crippen molar-refractivity contribution in [3.05, 3.63) is 64.2 Å². The van der Waals surface area contributed by atoms with Gasteiger partial charge in [0.15, 0.2) is 6.10 Å². The molecule has 1 amide bonds. The lowest BCUT2D eigenvalue weighted by atomic mass is 9.87. The Balaban J connectivity index is 1.99. The van der Waals surface area contributed by atoms with Gasteiger partial charge in [-0.05, 0) is 54.7 Å². The molecule has 0 unspecified atom stereocenters. The lowest BCUT2D eigenvalue weighted by molar-refractivity contribution is -0.123. The number of esters is 1. The number of aryl methyl sites for hydroxylation is 1. The minimum Gasteiger partial charge on any atom is -0.449 e. The Morgan fingerprint density at radius 3 is 2.23 bits per heavy atom. The number of carbonyl (C=O) groups excluding carboxylic acids is 2. The monoisotopic (exact) mass is 373 g/mol. The Bertz CT molecular complexity index is 807. The maximum atomic E-state index is 12.2. The fourth-order valence-corrected chi connectivity index (χ4v) is 2.48. The third-order valence-corrected chi connectivity index (χ3v) is 4.49. The van der Waals surface area contributed by atoms with Crippen LogP contribution in [0.25, 0.3) is 0 Å². The van der Waals surface area contributed by atoms with E-state index in [0.717, 1.165) is 11.1 Å². The predicted octanol–water partition coefficient (Wildman–Crippen LogP) is 5.13. The molecule has 0 heterocycles. The molecule has 5 heteroatoms. The molecule has 0 aliphatic heterocycles. The van der Waals surface area contributed by atoms with E-state index in [1.807, 2.05) is 25.1 Å². The molecule has 0 aliphatic rings. The van der Waals surface area contributed by atoms with Crippen LogP contribution in [0.5, 0.6) is 0 Å². The molecule has 0 fully saturated rings. The summed E-state index contributed by atoms with van der Waals surface area (Å²) in [5.74, 6) is -0.945. The Morgan fingerprint density at radius 2 is 1.69 bits per heavy atom. The van der Waals surface area contributed by atoms with E-state index in [0.29, 0.717) is 16.3 Å². The van der Waals surface area contributed by atoms with Crippen LogP contribution in [0, 0.1) is 6.92 Å². The highest BCUT2D eigenvalue weighted by atomic mass is 35.5. The zero-order chi connectivity index (χ0) is 19.5. The molecule has 0 aromatic heterocycles. The summed E-state index contributed by atoms with van der Waals surface area (Å²) in [6.45, 7) is 9.72. The van der Waals surface area contributed by atoms with E-state index in [2.05, 4.69) is 26.1 Å². The van der Waals surface area contributed by atoms with E-state index in [9.17, 15) is 9.59 Å². The van der Waals surface area contributed by atoms with Gasteiger partial charge >= 0.3 is 5.97 Å². The zero-order valence-electron chi connectivity index (χ0n) is 15.7. The third kappa shape index (κ3) is 5.09. The molecule has 0 saturated heterocycles. The van der Waals surface area contributed by atoms with Gasteiger partial charge in [0.25, 0.3) is 5.91 Å². The number of halogens is 1. The van der Waals surface area contributed by atoms with Gasteiger partial charge in [-0.25, -0.2) is 4.79 Å². The average molecular weight is 374 g/mol. The van der Waals surface area contributed by atoms with E-state index in [-0.39, 0.29) is 5.41 Å². The van der Waals surface area contributed by atoms with Crippen LogP contribution in [-0.4, -0.2) is 18.0 Å². The molecule has 2 aromatic carbocycles. The second kappa shape index (κ2) is 7.92. The van der Waals surface area contributed by atoms with Gasteiger partial charge in [0.2, 0.25) is 0 Å². The highest BCUT2D eigenvalue weighted by Gasteiger charge is 2.20. The standard InChI is InChI=1S/C21H24ClNO3/c1-13-6-11-17(12-18(13)22)23-19(24)14(2)26-20(25)15-7-9-16(10-8-15)21(3,4)5/h6-12,14H,1-5H3,(H,23,24)/t14-/m0/s1. The predicted molar refractivity (Wildman–Crippen MR) is 105 cm³/mol. The van der Waals surface area contributed by atoms with Crippen molar-refractivity contribution >= 4 is 29.2 Å². The number of amides is 1. The zero-order valence-corrected chi connectivity index (χ0v) is 16.5. The summed E-state index contributed by atoms with van der Waals surface area (Å²) in [6, 6.07) is 12.4. The second-order valence-electron chi connectivity index (χ2n) is 7.33. The highest BCUT2D eigenvalue weighted by Crippen LogP contribution is 2.23. The molecule has 0 spiro atoms. The van der Waals surface area contributed by atoms with Gasteiger partial charge < -0.3 is 10.1 Å². The number of hydrogen-bond donors (Lipinski definition) is 1. The quantitative estimate of drug-likeness (QED) is 0.756. The fraction of sp³-hybridized carbons (Fsp3) is 0.333. The molecule has 4 nitrogen and oxygen atoms in total. The maximum Gasteiger partial charge on any atom is 0.338 e. The number of anilines is 1. The van der Waals surface area contributed by atoms with E-state index in [1.165, 1.54) is 6.92 Å². The highest BCUT2D eigenvalue weighted by molar-refractivity contribution is 6.31. The van der Waals surface area contributed by atoms with Crippen molar-refractivity contribution in [3.8, 4) is 0 Å². The number of hydrogen-bond acceptors (Lipinski definition) is 3. The van der Waals surface area contributed by atoms with Crippen molar-refractivity contribution in [3.63, 3.8) is 0 Å². The SMILES string of the molecule is Cc1ccc(NC(=O)[C@H](C)OC(=O)c2ccc(C(C)(C)C)cc2)cc1Cl. The van der Waals surface area contributed by atoms with Crippen LogP contribution in [0.1, 0.15) is 49.2 Å². The van der Waals surface area contributed by atoms with Gasteiger partial charge in [0.05, 0.1) is 5.56 Å². The summed E-state index contributed by atoms with van der Waals surface area (Å²) in [6.07, 6.45) is -0.926. The molecule has 138 valence electrons. The van der Waals surface area contributed by atoms with Crippen molar-refractivity contribution in [2.75, 3.05) is 5.32 Å². The molecule has 0 aliphatic carbocycles. The van der Waals surface area contributed by atoms with Crippen molar-refractivity contribution in [1.29, 1.82) is 0 Å². The van der Waals surface area contributed by atoms with E-state index < -0.39 is 18.0 Å². The van der Waals surface area contributed by atoms with E-state index in [1.54, 1.807) is 24.3 Å². The number of rotatable bonds is 4. The van der Waals surface area contributed by atoms with Crippen LogP contribution in [-0.2, 0) is 14.9 Å². The van der Waals surface area contributed by atoms with Gasteiger partial charge in [-0.3, -0.25) is 4.79 Å². The summed E-state index contributed by atoms with van der Waals surface area (Å²) < 4.78 is 5.27. The summed E-state index contributed by atoms with van der Waals surface area (Å²) >= 11 is 6.05. The largest absolute Gasteiger partial charge is 0.449 e. The average Bonchev–Trinajstić information content (AvgIpc) is 2.57. The number of nitrogens with one attached hydrogen (secondary N) is 1. The van der Waals surface area contributed by atoms with Crippen molar-refractivity contribution < 1.29 is 14.3 Å². The fourth-order valence-electron chi connectivity index (χ4n) is 2.30. The summed E-state index contributed by atoms with van der Waals surface area (Å²) in [5, 5.41) is 3.26. The van der Waals surface area contributed by atoms with Crippen LogP contribution in [0.15, 0.2) is 42.5 Å². The van der Waals surface area contributed by atoms with Gasteiger partial charge in [0, 0.05) is 10.7 Å². The van der Waals surface area contributed by atoms with Gasteiger partial charge in [-0.15, -0.1) is 0 Å². The Hall–Kier alpha value is -2.33. The molecule has 2 aromatic rings. The molecule has 2 rings (SSSR count). The van der Waals surface area contributed by atoms with Gasteiger partial charge in [0.1, 0.15) is 0 Å². The topological polar surface area (TPSA) is 55.4 Å². The van der Waals surface area contributed by atoms with Crippen LogP contribution in [0.4, 0.5) is 5.69 Å². The molecule has 0 bridgehead atoms. The van der Waals surface area contributed by atoms with Crippen molar-refractivity contribution in [2.24, 2.45) is 0 Å². The first-order chi connectivity index (χ1) is 12.1. The molecular weight excluding hydrogens is 350 g/mol. The molecule has 1 atom stereocenters. The van der Waals surface area contributed by atoms with Crippen LogP contribution < -0.4 is 5.32 Å². The number of benzene rings is 2. The third-order valence-electron chi connectivity index (χ3n) is 4.08. The molecule has 0 saturated carbocycles. The maximum absolute atomic E-state index is 12.2. The van der Waals surface area contributed by atoms with Crippen molar-refractivity contribution in [2.45, 2.75) is 46.1 Å². The van der Waals surface area contributed by atoms with Crippen LogP contribution in [0.3, 0.4) is 0 Å². The number of ether oxygens (including phenoxy) is 1. The lowest BCUT2D eigenvalue weighted by Gasteiger charge is -2.19. The summed E-state index contributed by atoms with van der Waals surface area (Å²) in [4.78, 5) is 24.5. The Morgan fingerprint density at radius 1 is 1.08 bits per heavy atom. The molecule has 0 radical (unpaired) electrons. The molecular formula is C21H24ClNO3. The summed E-state index contributed by atoms with van der Waals surface area (Å²) in [7, 11) is 0. The minimum absolute atomic E-state index is 0.00489. The Kier molecular flexibility index (Phi) is 6.09. The minimum atomic E-state index is -0.926. The number of carbonyl (C=O) groups is 2. The smallest absolute Gasteiger partial charge is 0.338 e. The Labute approximate surface area is 159 Å². The first kappa shape index (κ1) is 20.0. The molecule has 26 heavy (non-hydrogen) atoms. The van der Waals surface area contributed by atoms with Crippen LogP contribution in [0.2, 0.25) is 5.02 Å². The molecule has 1 N–H and O–H groups in total. The van der Waals surface area contributed by atoms with E-state index >= 15 is 0 Å². The van der Waals surface area contributed by atoms with Crippen molar-refractivity contribution in [1.82, 2.24) is 0 Å². The first-order valence-corrected chi connectivity index (χ1v) is 8.84. The van der Waals surface area contributed by atoms with E-state index in [4.69, 9.17) is 16.3 Å². The summed E-state index contributed by atoms with van der Waals surface area (Å²) in [5.41, 5.74) is 3.02. The van der Waals surface area contributed by atoms with Crippen LogP contribution >= 0.6 is 11.6 Å². The lowest BCUT2D eigenvalue weighted by Crippen LogP contribution is -2.30. The normalized spacial score (nSPS) is 12.4.